The summed E-state index contributed by atoms with van der Waals surface area (Å²) in [4.78, 5) is 29.3. The Labute approximate surface area is 194 Å². The molecular formula is C24H21FN6O3. The highest BCUT2D eigenvalue weighted by atomic mass is 19.1. The van der Waals surface area contributed by atoms with Crippen LogP contribution in [0.4, 0.5) is 27.3 Å². The number of carbonyl (C=O) groups is 2. The number of hydrogen-bond acceptors (Lipinski definition) is 6. The van der Waals surface area contributed by atoms with Crippen LogP contribution in [0.25, 0.3) is 0 Å². The molecule has 34 heavy (non-hydrogen) atoms. The topological polar surface area (TPSA) is 110 Å². The molecule has 0 saturated carbocycles. The first-order chi connectivity index (χ1) is 16.5. The predicted molar refractivity (Wildman–Crippen MR) is 126 cm³/mol. The summed E-state index contributed by atoms with van der Waals surface area (Å²) >= 11 is 0. The number of hydrogen-bond donors (Lipinski definition) is 3. The maximum Gasteiger partial charge on any atom is 0.259 e. The zero-order valence-electron chi connectivity index (χ0n) is 18.2. The second kappa shape index (κ2) is 10.3. The van der Waals surface area contributed by atoms with E-state index in [0.717, 1.165) is 0 Å². The molecule has 0 atom stereocenters. The van der Waals surface area contributed by atoms with Gasteiger partial charge in [-0.3, -0.25) is 14.3 Å². The molecule has 2 aromatic carbocycles. The van der Waals surface area contributed by atoms with Crippen LogP contribution < -0.4 is 20.7 Å². The number of amides is 2. The number of aromatic nitrogens is 3. The van der Waals surface area contributed by atoms with Gasteiger partial charge in [0.05, 0.1) is 24.6 Å². The standard InChI is InChI=1S/C24H21FN6O3/c1-34-20-9-7-17(8-10-20)28-22(32)15-31-14-19(13-27-31)30-24(33)21-6-3-11-26-23(21)29-18-5-2-4-16(25)12-18/h2-14H,15H2,1H3,(H,26,29)(H,28,32)(H,30,33). The van der Waals surface area contributed by atoms with E-state index >= 15 is 0 Å². The van der Waals surface area contributed by atoms with Crippen molar-refractivity contribution in [3.8, 4) is 5.75 Å². The third kappa shape index (κ3) is 5.74. The van der Waals surface area contributed by atoms with E-state index in [-0.39, 0.29) is 23.8 Å². The van der Waals surface area contributed by atoms with Gasteiger partial charge in [0.1, 0.15) is 23.9 Å². The molecule has 2 amide bonds. The molecule has 0 saturated heterocycles. The Morgan fingerprint density at radius 1 is 1.00 bits per heavy atom. The van der Waals surface area contributed by atoms with E-state index in [1.807, 2.05) is 0 Å². The molecule has 0 spiro atoms. The molecule has 0 aliphatic heterocycles. The lowest BCUT2D eigenvalue weighted by Gasteiger charge is -2.10. The monoisotopic (exact) mass is 460 g/mol. The van der Waals surface area contributed by atoms with Gasteiger partial charge in [0.25, 0.3) is 5.91 Å². The van der Waals surface area contributed by atoms with E-state index in [1.165, 1.54) is 29.2 Å². The summed E-state index contributed by atoms with van der Waals surface area (Å²) in [6.07, 6.45) is 4.51. The number of nitrogens with zero attached hydrogens (tertiary/aromatic N) is 3. The highest BCUT2D eigenvalue weighted by Gasteiger charge is 2.14. The molecule has 4 aromatic rings. The van der Waals surface area contributed by atoms with Gasteiger partial charge in [0, 0.05) is 23.8 Å². The van der Waals surface area contributed by atoms with Crippen molar-refractivity contribution in [3.05, 3.63) is 90.6 Å². The molecule has 9 nitrogen and oxygen atoms in total. The van der Waals surface area contributed by atoms with Gasteiger partial charge < -0.3 is 20.7 Å². The summed E-state index contributed by atoms with van der Waals surface area (Å²) in [6.45, 7) is -0.0405. The summed E-state index contributed by atoms with van der Waals surface area (Å²) in [6, 6.07) is 16.0. The molecule has 4 rings (SSSR count). The zero-order chi connectivity index (χ0) is 23.9. The van der Waals surface area contributed by atoms with E-state index in [9.17, 15) is 14.0 Å². The molecule has 172 valence electrons. The summed E-state index contributed by atoms with van der Waals surface area (Å²) in [5, 5.41) is 12.6. The Balaban J connectivity index is 1.38. The molecule has 0 bridgehead atoms. The third-order valence-electron chi connectivity index (χ3n) is 4.71. The van der Waals surface area contributed by atoms with Crippen LogP contribution in [0.1, 0.15) is 10.4 Å². The van der Waals surface area contributed by atoms with E-state index in [2.05, 4.69) is 26.0 Å². The quantitative estimate of drug-likeness (QED) is 0.366. The number of carbonyl (C=O) groups excluding carboxylic acids is 2. The van der Waals surface area contributed by atoms with Crippen molar-refractivity contribution < 1.29 is 18.7 Å². The van der Waals surface area contributed by atoms with Gasteiger partial charge in [-0.15, -0.1) is 0 Å². The van der Waals surface area contributed by atoms with E-state index in [1.54, 1.807) is 61.8 Å². The summed E-state index contributed by atoms with van der Waals surface area (Å²) < 4.78 is 20.0. The first-order valence-corrected chi connectivity index (χ1v) is 10.3. The predicted octanol–water partition coefficient (Wildman–Crippen LogP) is 4.06. The van der Waals surface area contributed by atoms with Crippen LogP contribution in [-0.2, 0) is 11.3 Å². The maximum atomic E-state index is 13.5. The minimum Gasteiger partial charge on any atom is -0.497 e. The molecular weight excluding hydrogens is 439 g/mol. The largest absolute Gasteiger partial charge is 0.497 e. The number of methoxy groups -OCH3 is 1. The van der Waals surface area contributed by atoms with Crippen molar-refractivity contribution in [2.75, 3.05) is 23.1 Å². The van der Waals surface area contributed by atoms with Gasteiger partial charge in [-0.2, -0.15) is 5.10 Å². The molecule has 2 heterocycles. The Kier molecular flexibility index (Phi) is 6.78. The van der Waals surface area contributed by atoms with E-state index < -0.39 is 11.7 Å². The highest BCUT2D eigenvalue weighted by Crippen LogP contribution is 2.20. The zero-order valence-corrected chi connectivity index (χ0v) is 18.2. The van der Waals surface area contributed by atoms with Gasteiger partial charge in [-0.05, 0) is 54.6 Å². The molecule has 0 fully saturated rings. The smallest absolute Gasteiger partial charge is 0.259 e. The average molecular weight is 460 g/mol. The molecule has 3 N–H and O–H groups in total. The van der Waals surface area contributed by atoms with Crippen molar-refractivity contribution in [1.82, 2.24) is 14.8 Å². The summed E-state index contributed by atoms with van der Waals surface area (Å²) in [5.74, 6) is -0.158. The molecule has 2 aromatic heterocycles. The van der Waals surface area contributed by atoms with Gasteiger partial charge >= 0.3 is 0 Å². The minimum absolute atomic E-state index is 0.0405. The fourth-order valence-electron chi connectivity index (χ4n) is 3.13. The number of ether oxygens (including phenoxy) is 1. The van der Waals surface area contributed by atoms with Crippen LogP contribution in [0, 0.1) is 5.82 Å². The third-order valence-corrected chi connectivity index (χ3v) is 4.71. The Bertz CT molecular complexity index is 1310. The second-order valence-corrected chi connectivity index (χ2v) is 7.19. The Hall–Kier alpha value is -4.73. The van der Waals surface area contributed by atoms with Gasteiger partial charge in [0.15, 0.2) is 0 Å². The SMILES string of the molecule is COc1ccc(NC(=O)Cn2cc(NC(=O)c3cccnc3Nc3cccc(F)c3)cn2)cc1. The van der Waals surface area contributed by atoms with Crippen LogP contribution in [0.15, 0.2) is 79.3 Å². The van der Waals surface area contributed by atoms with E-state index in [4.69, 9.17) is 4.74 Å². The van der Waals surface area contributed by atoms with Crippen LogP contribution in [0.2, 0.25) is 0 Å². The van der Waals surface area contributed by atoms with Crippen molar-refractivity contribution in [2.24, 2.45) is 0 Å². The van der Waals surface area contributed by atoms with Crippen LogP contribution in [0.5, 0.6) is 5.75 Å². The van der Waals surface area contributed by atoms with Crippen molar-refractivity contribution in [3.63, 3.8) is 0 Å². The van der Waals surface area contributed by atoms with Crippen molar-refractivity contribution in [2.45, 2.75) is 6.54 Å². The van der Waals surface area contributed by atoms with Gasteiger partial charge in [0.2, 0.25) is 5.91 Å². The lowest BCUT2D eigenvalue weighted by Crippen LogP contribution is -2.19. The Morgan fingerprint density at radius 3 is 2.59 bits per heavy atom. The lowest BCUT2D eigenvalue weighted by molar-refractivity contribution is -0.116. The average Bonchev–Trinajstić information content (AvgIpc) is 3.26. The molecule has 0 aliphatic rings. The molecule has 0 unspecified atom stereocenters. The number of benzene rings is 2. The normalized spacial score (nSPS) is 10.4. The number of rotatable bonds is 8. The molecule has 10 heteroatoms. The fourth-order valence-corrected chi connectivity index (χ4v) is 3.13. The number of halogens is 1. The first kappa shape index (κ1) is 22.5. The minimum atomic E-state index is -0.436. The molecule has 0 radical (unpaired) electrons. The van der Waals surface area contributed by atoms with Gasteiger partial charge in [-0.1, -0.05) is 6.07 Å². The number of pyridine rings is 1. The second-order valence-electron chi connectivity index (χ2n) is 7.19. The lowest BCUT2D eigenvalue weighted by atomic mass is 10.2. The molecule has 0 aliphatic carbocycles. The van der Waals surface area contributed by atoms with Crippen LogP contribution >= 0.6 is 0 Å². The maximum absolute atomic E-state index is 13.5. The van der Waals surface area contributed by atoms with E-state index in [0.29, 0.717) is 22.8 Å². The fraction of sp³-hybridized carbons (Fsp3) is 0.0833. The summed E-state index contributed by atoms with van der Waals surface area (Å²) in [7, 11) is 1.57. The number of nitrogens with one attached hydrogen (secondary N) is 3. The van der Waals surface area contributed by atoms with Crippen molar-refractivity contribution >= 4 is 34.7 Å². The first-order valence-electron chi connectivity index (χ1n) is 10.3. The Morgan fingerprint density at radius 2 is 1.82 bits per heavy atom. The summed E-state index contributed by atoms with van der Waals surface area (Å²) in [5.41, 5.74) is 1.75. The number of anilines is 4. The van der Waals surface area contributed by atoms with Crippen LogP contribution in [0.3, 0.4) is 0 Å². The van der Waals surface area contributed by atoms with Crippen LogP contribution in [-0.4, -0.2) is 33.7 Å². The van der Waals surface area contributed by atoms with Gasteiger partial charge in [-0.25, -0.2) is 9.37 Å². The van der Waals surface area contributed by atoms with Crippen molar-refractivity contribution in [1.29, 1.82) is 0 Å². The highest BCUT2D eigenvalue weighted by molar-refractivity contribution is 6.07.